The molecule has 0 bridgehead atoms. The predicted molar refractivity (Wildman–Crippen MR) is 124 cm³/mol. The number of hydrogen-bond donors (Lipinski definition) is 3. The quantitative estimate of drug-likeness (QED) is 0.407. The van der Waals surface area contributed by atoms with Crippen LogP contribution in [0.15, 0.2) is 60.7 Å². The number of hydrogen-bond acceptors (Lipinski definition) is 6. The molecule has 3 atom stereocenters. The second-order valence-electron chi connectivity index (χ2n) is 7.76. The van der Waals surface area contributed by atoms with Crippen LogP contribution in [0.4, 0.5) is 4.79 Å². The highest BCUT2D eigenvalue weighted by atomic mass is 16.5. The number of nitrogens with one attached hydrogen (secondary N) is 2. The van der Waals surface area contributed by atoms with Gasteiger partial charge in [0.2, 0.25) is 5.91 Å². The number of esters is 1. The molecule has 34 heavy (non-hydrogen) atoms. The molecule has 0 aliphatic carbocycles. The van der Waals surface area contributed by atoms with E-state index >= 15 is 0 Å². The first-order valence-electron chi connectivity index (χ1n) is 11.0. The van der Waals surface area contributed by atoms with Crippen LogP contribution < -0.4 is 10.6 Å². The lowest BCUT2D eigenvalue weighted by atomic mass is 9.97. The third kappa shape index (κ3) is 8.93. The maximum atomic E-state index is 13.0. The summed E-state index contributed by atoms with van der Waals surface area (Å²) in [5.74, 6) is -3.29. The van der Waals surface area contributed by atoms with Crippen LogP contribution in [0, 0.1) is 5.92 Å². The minimum absolute atomic E-state index is 0.0146. The number of benzene rings is 2. The monoisotopic (exact) mass is 470 g/mol. The van der Waals surface area contributed by atoms with Crippen molar-refractivity contribution in [2.24, 2.45) is 5.92 Å². The lowest BCUT2D eigenvalue weighted by Crippen LogP contribution is -2.54. The average Bonchev–Trinajstić information content (AvgIpc) is 2.81. The third-order valence-electron chi connectivity index (χ3n) is 5.03. The van der Waals surface area contributed by atoms with Crippen molar-refractivity contribution in [1.29, 1.82) is 0 Å². The molecule has 9 nitrogen and oxygen atoms in total. The fourth-order valence-corrected chi connectivity index (χ4v) is 3.27. The Hall–Kier alpha value is -3.88. The zero-order chi connectivity index (χ0) is 24.9. The summed E-state index contributed by atoms with van der Waals surface area (Å²) in [6, 6.07) is 15.6. The topological polar surface area (TPSA) is 131 Å². The maximum Gasteiger partial charge on any atom is 0.408 e. The van der Waals surface area contributed by atoms with E-state index in [0.717, 1.165) is 11.1 Å². The number of carbonyl (C=O) groups excluding carboxylic acids is 3. The molecule has 9 heteroatoms. The maximum absolute atomic E-state index is 13.0. The van der Waals surface area contributed by atoms with Gasteiger partial charge >= 0.3 is 18.0 Å². The van der Waals surface area contributed by atoms with Crippen molar-refractivity contribution < 1.29 is 33.8 Å². The SMILES string of the molecule is CCOC(=O)C[C@@H](C)[C@H](NC(=O)[C@@H](Cc1ccccc1)NC(=O)OCc1ccccc1)C(=O)O. The van der Waals surface area contributed by atoms with E-state index in [1.54, 1.807) is 43.3 Å². The van der Waals surface area contributed by atoms with E-state index in [0.29, 0.717) is 0 Å². The molecule has 0 radical (unpaired) electrons. The van der Waals surface area contributed by atoms with Crippen LogP contribution in [0.3, 0.4) is 0 Å². The zero-order valence-corrected chi connectivity index (χ0v) is 19.2. The molecule has 0 unspecified atom stereocenters. The Bertz CT molecular complexity index is 950. The standard InChI is InChI=1S/C25H30N2O7/c1-3-33-21(28)14-17(2)22(24(30)31)27-23(29)20(15-18-10-6-4-7-11-18)26-25(32)34-16-19-12-8-5-9-13-19/h4-13,17,20,22H,3,14-16H2,1-2H3,(H,26,32)(H,27,29)(H,30,31)/t17-,20-,22+/m1/s1. The molecule has 0 aliphatic heterocycles. The molecule has 0 aromatic heterocycles. The van der Waals surface area contributed by atoms with E-state index in [1.165, 1.54) is 6.92 Å². The first-order chi connectivity index (χ1) is 16.3. The van der Waals surface area contributed by atoms with Crippen molar-refractivity contribution in [3.05, 3.63) is 71.8 Å². The van der Waals surface area contributed by atoms with Crippen molar-refractivity contribution in [3.63, 3.8) is 0 Å². The second-order valence-corrected chi connectivity index (χ2v) is 7.76. The molecule has 2 rings (SSSR count). The van der Waals surface area contributed by atoms with Gasteiger partial charge in [-0.1, -0.05) is 67.6 Å². The molecule has 0 saturated carbocycles. The largest absolute Gasteiger partial charge is 0.480 e. The Labute approximate surface area is 198 Å². The Morgan fingerprint density at radius 2 is 1.47 bits per heavy atom. The minimum atomic E-state index is -1.35. The van der Waals surface area contributed by atoms with Crippen molar-refractivity contribution >= 4 is 23.9 Å². The third-order valence-corrected chi connectivity index (χ3v) is 5.03. The first-order valence-corrected chi connectivity index (χ1v) is 11.0. The molecule has 0 aliphatic rings. The molecule has 0 saturated heterocycles. The molecular weight excluding hydrogens is 440 g/mol. The molecule has 2 amide bonds. The summed E-state index contributed by atoms with van der Waals surface area (Å²) in [6.07, 6.45) is -0.876. The summed E-state index contributed by atoms with van der Waals surface area (Å²) in [7, 11) is 0. The van der Waals surface area contributed by atoms with Gasteiger partial charge in [0.15, 0.2) is 0 Å². The van der Waals surface area contributed by atoms with Gasteiger partial charge in [-0.25, -0.2) is 9.59 Å². The van der Waals surface area contributed by atoms with E-state index in [2.05, 4.69) is 10.6 Å². The van der Waals surface area contributed by atoms with Crippen LogP contribution >= 0.6 is 0 Å². The van der Waals surface area contributed by atoms with Crippen molar-refractivity contribution in [2.45, 2.75) is 45.4 Å². The number of amides is 2. The summed E-state index contributed by atoms with van der Waals surface area (Å²) in [6.45, 7) is 3.37. The van der Waals surface area contributed by atoms with Crippen molar-refractivity contribution in [1.82, 2.24) is 10.6 Å². The first kappa shape index (κ1) is 26.4. The fourth-order valence-electron chi connectivity index (χ4n) is 3.27. The molecule has 182 valence electrons. The van der Waals surface area contributed by atoms with Crippen LogP contribution in [0.5, 0.6) is 0 Å². The van der Waals surface area contributed by atoms with Crippen LogP contribution in [0.1, 0.15) is 31.4 Å². The Morgan fingerprint density at radius 3 is 2.03 bits per heavy atom. The van der Waals surface area contributed by atoms with Crippen LogP contribution in [0.2, 0.25) is 0 Å². The summed E-state index contributed by atoms with van der Waals surface area (Å²) in [5, 5.41) is 14.6. The van der Waals surface area contributed by atoms with Gasteiger partial charge in [-0.2, -0.15) is 0 Å². The number of carboxylic acids is 1. The van der Waals surface area contributed by atoms with E-state index < -0.39 is 41.9 Å². The molecule has 0 fully saturated rings. The summed E-state index contributed by atoms with van der Waals surface area (Å²) in [5.41, 5.74) is 1.54. The van der Waals surface area contributed by atoms with E-state index in [9.17, 15) is 24.3 Å². The Kier molecular flexibility index (Phi) is 10.6. The normalized spacial score (nSPS) is 13.1. The minimum Gasteiger partial charge on any atom is -0.480 e. The summed E-state index contributed by atoms with van der Waals surface area (Å²) >= 11 is 0. The highest BCUT2D eigenvalue weighted by molar-refractivity contribution is 5.89. The predicted octanol–water partition coefficient (Wildman–Crippen LogP) is 2.68. The molecule has 0 spiro atoms. The van der Waals surface area contributed by atoms with Crippen LogP contribution in [0.25, 0.3) is 0 Å². The number of alkyl carbamates (subject to hydrolysis) is 1. The number of aliphatic carboxylic acids is 1. The highest BCUT2D eigenvalue weighted by Gasteiger charge is 2.32. The van der Waals surface area contributed by atoms with Gasteiger partial charge in [-0.15, -0.1) is 0 Å². The summed E-state index contributed by atoms with van der Waals surface area (Å²) in [4.78, 5) is 49.0. The highest BCUT2D eigenvalue weighted by Crippen LogP contribution is 2.12. The van der Waals surface area contributed by atoms with Gasteiger partial charge in [0.1, 0.15) is 18.7 Å². The van der Waals surface area contributed by atoms with E-state index in [4.69, 9.17) is 9.47 Å². The van der Waals surface area contributed by atoms with Crippen molar-refractivity contribution in [2.75, 3.05) is 6.61 Å². The van der Waals surface area contributed by atoms with E-state index in [1.807, 2.05) is 24.3 Å². The van der Waals surface area contributed by atoms with Gasteiger partial charge in [0.05, 0.1) is 13.0 Å². The summed E-state index contributed by atoms with van der Waals surface area (Å²) < 4.78 is 10.1. The second kappa shape index (κ2) is 13.6. The Balaban J connectivity index is 2.09. The molecule has 2 aromatic rings. The Morgan fingerprint density at radius 1 is 0.882 bits per heavy atom. The zero-order valence-electron chi connectivity index (χ0n) is 19.2. The van der Waals surface area contributed by atoms with Gasteiger partial charge in [0.25, 0.3) is 0 Å². The van der Waals surface area contributed by atoms with Gasteiger partial charge in [-0.05, 0) is 24.0 Å². The van der Waals surface area contributed by atoms with Crippen LogP contribution in [-0.4, -0.2) is 47.7 Å². The smallest absolute Gasteiger partial charge is 0.408 e. The number of rotatable bonds is 12. The lowest BCUT2D eigenvalue weighted by molar-refractivity contribution is -0.147. The van der Waals surface area contributed by atoms with Gasteiger partial charge in [0, 0.05) is 6.42 Å². The number of carbonyl (C=O) groups is 4. The average molecular weight is 471 g/mol. The van der Waals surface area contributed by atoms with Crippen molar-refractivity contribution in [3.8, 4) is 0 Å². The molecule has 0 heterocycles. The molecule has 3 N–H and O–H groups in total. The number of ether oxygens (including phenoxy) is 2. The lowest BCUT2D eigenvalue weighted by Gasteiger charge is -2.24. The van der Waals surface area contributed by atoms with E-state index in [-0.39, 0.29) is 26.1 Å². The molecular formula is C25H30N2O7. The van der Waals surface area contributed by atoms with Gasteiger partial charge in [-0.3, -0.25) is 9.59 Å². The molecule has 2 aromatic carbocycles. The fraction of sp³-hybridized carbons (Fsp3) is 0.360. The van der Waals surface area contributed by atoms with Gasteiger partial charge < -0.3 is 25.2 Å². The van der Waals surface area contributed by atoms with Crippen LogP contribution in [-0.2, 0) is 36.9 Å². The number of carboxylic acid groups (broad SMARTS) is 1.